The molecule has 0 radical (unpaired) electrons. The molecule has 3 nitrogen and oxygen atoms in total. The first-order chi connectivity index (χ1) is 7.19. The number of likely N-dealkylation sites (tertiary alicyclic amines) is 1. The monoisotopic (exact) mass is 214 g/mol. The van der Waals surface area contributed by atoms with Gasteiger partial charge in [0.15, 0.2) is 0 Å². The van der Waals surface area contributed by atoms with Gasteiger partial charge in [0.2, 0.25) is 0 Å². The smallest absolute Gasteiger partial charge is 0.0705 e. The van der Waals surface area contributed by atoms with E-state index in [-0.39, 0.29) is 6.10 Å². The maximum atomic E-state index is 5.62. The highest BCUT2D eigenvalue weighted by Crippen LogP contribution is 2.22. The molecule has 15 heavy (non-hydrogen) atoms. The fourth-order valence-electron chi connectivity index (χ4n) is 2.38. The number of methoxy groups -OCH3 is 1. The summed E-state index contributed by atoms with van der Waals surface area (Å²) in [7, 11) is 1.75. The van der Waals surface area contributed by atoms with Crippen LogP contribution in [0.3, 0.4) is 0 Å². The van der Waals surface area contributed by atoms with Crippen molar-refractivity contribution in [3.8, 4) is 0 Å². The molecule has 0 aliphatic carbocycles. The highest BCUT2D eigenvalue weighted by Gasteiger charge is 2.24. The van der Waals surface area contributed by atoms with E-state index in [0.29, 0.717) is 12.6 Å². The van der Waals surface area contributed by atoms with Gasteiger partial charge < -0.3 is 15.4 Å². The molecule has 3 unspecified atom stereocenters. The van der Waals surface area contributed by atoms with Crippen LogP contribution in [-0.2, 0) is 4.74 Å². The second kappa shape index (κ2) is 6.46. The van der Waals surface area contributed by atoms with E-state index >= 15 is 0 Å². The zero-order valence-corrected chi connectivity index (χ0v) is 10.4. The Morgan fingerprint density at radius 2 is 2.20 bits per heavy atom. The fourth-order valence-corrected chi connectivity index (χ4v) is 2.38. The van der Waals surface area contributed by atoms with Crippen molar-refractivity contribution >= 4 is 0 Å². The van der Waals surface area contributed by atoms with E-state index in [4.69, 9.17) is 10.5 Å². The van der Waals surface area contributed by atoms with Crippen LogP contribution < -0.4 is 5.73 Å². The second-order valence-electron chi connectivity index (χ2n) is 4.78. The standard InChI is InChI=1S/C12H26N2O/c1-10-5-4-7-14(11(10)2)8-6-12(9-13)15-3/h10-12H,4-9,13H2,1-3H3. The molecule has 0 amide bonds. The number of piperidine rings is 1. The van der Waals surface area contributed by atoms with Crippen LogP contribution >= 0.6 is 0 Å². The molecular weight excluding hydrogens is 188 g/mol. The zero-order valence-electron chi connectivity index (χ0n) is 10.4. The van der Waals surface area contributed by atoms with Crippen molar-refractivity contribution in [2.75, 3.05) is 26.7 Å². The number of nitrogens with zero attached hydrogens (tertiary/aromatic N) is 1. The first-order valence-electron chi connectivity index (χ1n) is 6.16. The lowest BCUT2D eigenvalue weighted by Gasteiger charge is -2.38. The molecule has 0 aromatic heterocycles. The second-order valence-corrected chi connectivity index (χ2v) is 4.78. The van der Waals surface area contributed by atoms with Gasteiger partial charge in [-0.25, -0.2) is 0 Å². The number of hydrogen-bond acceptors (Lipinski definition) is 3. The summed E-state index contributed by atoms with van der Waals surface area (Å²) < 4.78 is 5.30. The summed E-state index contributed by atoms with van der Waals surface area (Å²) in [4.78, 5) is 2.58. The molecule has 1 heterocycles. The molecule has 0 aromatic carbocycles. The van der Waals surface area contributed by atoms with Gasteiger partial charge in [-0.3, -0.25) is 0 Å². The van der Waals surface area contributed by atoms with Crippen LogP contribution in [0, 0.1) is 5.92 Å². The summed E-state index contributed by atoms with van der Waals surface area (Å²) >= 11 is 0. The molecule has 0 spiro atoms. The van der Waals surface area contributed by atoms with Gasteiger partial charge in [0, 0.05) is 26.2 Å². The van der Waals surface area contributed by atoms with E-state index in [1.807, 2.05) is 0 Å². The largest absolute Gasteiger partial charge is 0.380 e. The van der Waals surface area contributed by atoms with Crippen LogP contribution in [0.25, 0.3) is 0 Å². The van der Waals surface area contributed by atoms with Gasteiger partial charge in [-0.2, -0.15) is 0 Å². The van der Waals surface area contributed by atoms with Crippen molar-refractivity contribution in [1.82, 2.24) is 4.90 Å². The van der Waals surface area contributed by atoms with Gasteiger partial charge in [0.25, 0.3) is 0 Å². The lowest BCUT2D eigenvalue weighted by molar-refractivity contribution is 0.0630. The third-order valence-electron chi connectivity index (χ3n) is 3.84. The lowest BCUT2D eigenvalue weighted by Crippen LogP contribution is -2.44. The van der Waals surface area contributed by atoms with Crippen molar-refractivity contribution in [2.24, 2.45) is 11.7 Å². The molecule has 1 aliphatic rings. The number of ether oxygens (including phenoxy) is 1. The Kier molecular flexibility index (Phi) is 5.58. The van der Waals surface area contributed by atoms with Crippen LogP contribution in [-0.4, -0.2) is 43.8 Å². The first kappa shape index (κ1) is 12.9. The van der Waals surface area contributed by atoms with Crippen molar-refractivity contribution in [2.45, 2.75) is 45.3 Å². The van der Waals surface area contributed by atoms with Gasteiger partial charge in [-0.05, 0) is 38.6 Å². The maximum Gasteiger partial charge on any atom is 0.0705 e. The highest BCUT2D eigenvalue weighted by atomic mass is 16.5. The summed E-state index contributed by atoms with van der Waals surface area (Å²) in [5, 5.41) is 0. The molecule has 1 fully saturated rings. The first-order valence-corrected chi connectivity index (χ1v) is 6.16. The molecule has 1 aliphatic heterocycles. The van der Waals surface area contributed by atoms with E-state index in [1.165, 1.54) is 19.4 Å². The molecule has 2 N–H and O–H groups in total. The topological polar surface area (TPSA) is 38.5 Å². The van der Waals surface area contributed by atoms with E-state index in [9.17, 15) is 0 Å². The number of hydrogen-bond donors (Lipinski definition) is 1. The Morgan fingerprint density at radius 3 is 2.80 bits per heavy atom. The molecule has 3 atom stereocenters. The summed E-state index contributed by atoms with van der Waals surface area (Å²) in [5.74, 6) is 0.831. The Morgan fingerprint density at radius 1 is 1.47 bits per heavy atom. The molecule has 0 bridgehead atoms. The number of nitrogens with two attached hydrogens (primary N) is 1. The summed E-state index contributed by atoms with van der Waals surface area (Å²) in [6.45, 7) is 7.70. The molecule has 0 aromatic rings. The predicted molar refractivity (Wildman–Crippen MR) is 63.9 cm³/mol. The minimum atomic E-state index is 0.231. The SMILES string of the molecule is COC(CN)CCN1CCCC(C)C1C. The van der Waals surface area contributed by atoms with Crippen LogP contribution in [0.4, 0.5) is 0 Å². The van der Waals surface area contributed by atoms with E-state index in [2.05, 4.69) is 18.7 Å². The van der Waals surface area contributed by atoms with Crippen LogP contribution in [0.2, 0.25) is 0 Å². The van der Waals surface area contributed by atoms with E-state index in [0.717, 1.165) is 18.9 Å². The molecular formula is C12H26N2O. The third-order valence-corrected chi connectivity index (χ3v) is 3.84. The van der Waals surface area contributed by atoms with Crippen LogP contribution in [0.1, 0.15) is 33.1 Å². The van der Waals surface area contributed by atoms with Gasteiger partial charge >= 0.3 is 0 Å². The van der Waals surface area contributed by atoms with E-state index in [1.54, 1.807) is 7.11 Å². The van der Waals surface area contributed by atoms with Crippen LogP contribution in [0.5, 0.6) is 0 Å². The zero-order chi connectivity index (χ0) is 11.3. The minimum Gasteiger partial charge on any atom is -0.380 e. The molecule has 1 saturated heterocycles. The summed E-state index contributed by atoms with van der Waals surface area (Å²) in [5.41, 5.74) is 5.62. The normalized spacial score (nSPS) is 30.4. The van der Waals surface area contributed by atoms with Crippen molar-refractivity contribution in [3.05, 3.63) is 0 Å². The van der Waals surface area contributed by atoms with Crippen LogP contribution in [0.15, 0.2) is 0 Å². The highest BCUT2D eigenvalue weighted by molar-refractivity contribution is 4.79. The average molecular weight is 214 g/mol. The maximum absolute atomic E-state index is 5.62. The number of rotatable bonds is 5. The lowest BCUT2D eigenvalue weighted by atomic mass is 9.92. The Labute approximate surface area is 94.0 Å². The van der Waals surface area contributed by atoms with Gasteiger partial charge in [0.1, 0.15) is 0 Å². The Bertz CT molecular complexity index is 171. The molecule has 3 heteroatoms. The molecule has 0 saturated carbocycles. The van der Waals surface area contributed by atoms with Crippen molar-refractivity contribution < 1.29 is 4.74 Å². The van der Waals surface area contributed by atoms with Gasteiger partial charge in [-0.1, -0.05) is 6.92 Å². The van der Waals surface area contributed by atoms with E-state index < -0.39 is 0 Å². The van der Waals surface area contributed by atoms with Gasteiger partial charge in [-0.15, -0.1) is 0 Å². The van der Waals surface area contributed by atoms with Gasteiger partial charge in [0.05, 0.1) is 6.10 Å². The minimum absolute atomic E-state index is 0.231. The van der Waals surface area contributed by atoms with Crippen molar-refractivity contribution in [1.29, 1.82) is 0 Å². The summed E-state index contributed by atoms with van der Waals surface area (Å²) in [6.07, 6.45) is 4.01. The fraction of sp³-hybridized carbons (Fsp3) is 1.00. The quantitative estimate of drug-likeness (QED) is 0.753. The molecule has 1 rings (SSSR count). The Balaban J connectivity index is 2.30. The molecule has 90 valence electrons. The third kappa shape index (κ3) is 3.74. The van der Waals surface area contributed by atoms with Crippen molar-refractivity contribution in [3.63, 3.8) is 0 Å². The Hall–Kier alpha value is -0.120. The average Bonchev–Trinajstić information content (AvgIpc) is 2.25. The predicted octanol–water partition coefficient (Wildman–Crippen LogP) is 1.47. The summed E-state index contributed by atoms with van der Waals surface area (Å²) in [6, 6.07) is 0.717.